The first-order chi connectivity index (χ1) is 16.1. The van der Waals surface area contributed by atoms with Crippen molar-refractivity contribution in [3.8, 4) is 0 Å². The Morgan fingerprint density at radius 2 is 2.00 bits per heavy atom. The average molecular weight is 452 g/mol. The minimum Gasteiger partial charge on any atom is -0.335 e. The summed E-state index contributed by atoms with van der Waals surface area (Å²) in [5.74, 6) is 0.496. The zero-order chi connectivity index (χ0) is 23.0. The van der Waals surface area contributed by atoms with Crippen molar-refractivity contribution < 1.29 is 10.1 Å². The number of fused-ring (bicyclic) bond motifs is 1. The molecule has 1 aliphatic heterocycles. The molecule has 0 unspecified atom stereocenters. The summed E-state index contributed by atoms with van der Waals surface area (Å²) in [4.78, 5) is 26.2. The number of nitrogens with one attached hydrogen (secondary N) is 3. The Hall–Kier alpha value is -2.88. The highest BCUT2D eigenvalue weighted by molar-refractivity contribution is 6.08. The molecule has 9 nitrogen and oxygen atoms in total. The highest BCUT2D eigenvalue weighted by atomic mass is 16.2. The van der Waals surface area contributed by atoms with Crippen LogP contribution in [-0.2, 0) is 0 Å². The summed E-state index contributed by atoms with van der Waals surface area (Å²) in [6.45, 7) is 6.45. The van der Waals surface area contributed by atoms with Crippen molar-refractivity contribution in [2.24, 2.45) is 0 Å². The van der Waals surface area contributed by atoms with E-state index in [0.29, 0.717) is 11.3 Å². The standard InChI is InChI=1S/C24H34N8O/c1-31-10-12-32(13-11-31)9-8-26-16-19(15-25)18-14-22-21(27-17-18)6-7-23(29-22)30-24(33)28-20-4-2-3-5-20/h6-7,14-17,20,25-26H,2-5,8-13H2,1H3,(H2,28,29,30,33)/p+1/b19-16+,25-15?. The van der Waals surface area contributed by atoms with Crippen LogP contribution in [0.15, 0.2) is 30.6 Å². The van der Waals surface area contributed by atoms with E-state index in [4.69, 9.17) is 5.41 Å². The van der Waals surface area contributed by atoms with Crippen molar-refractivity contribution in [2.75, 3.05) is 51.6 Å². The van der Waals surface area contributed by atoms with Gasteiger partial charge in [0.1, 0.15) is 12.0 Å². The summed E-state index contributed by atoms with van der Waals surface area (Å²) >= 11 is 0. The fraction of sp³-hybridized carbons (Fsp3) is 0.500. The molecule has 2 aromatic rings. The molecular weight excluding hydrogens is 416 g/mol. The van der Waals surface area contributed by atoms with E-state index in [1.165, 1.54) is 19.1 Å². The lowest BCUT2D eigenvalue weighted by molar-refractivity contribution is -0.586. The minimum atomic E-state index is -0.215. The maximum absolute atomic E-state index is 12.3. The second kappa shape index (κ2) is 11.3. The van der Waals surface area contributed by atoms with Crippen LogP contribution in [0.5, 0.6) is 0 Å². The van der Waals surface area contributed by atoms with Crippen LogP contribution >= 0.6 is 0 Å². The third-order valence-corrected chi connectivity index (χ3v) is 6.46. The van der Waals surface area contributed by atoms with Crippen molar-refractivity contribution >= 4 is 34.7 Å². The van der Waals surface area contributed by atoms with E-state index in [1.54, 1.807) is 12.3 Å². The first-order valence-electron chi connectivity index (χ1n) is 11.9. The molecule has 0 bridgehead atoms. The van der Waals surface area contributed by atoms with Crippen molar-refractivity contribution in [1.82, 2.24) is 25.1 Å². The SMILES string of the molecule is CN1CCN(CC[NH2+]/C=C(\C=N)c2cnc3ccc(NC(=O)NC4CCCC4)nc3c2)CC1. The first-order valence-corrected chi connectivity index (χ1v) is 11.9. The number of carbonyl (C=O) groups excluding carboxylic acids is 1. The molecule has 0 radical (unpaired) electrons. The molecule has 0 aromatic carbocycles. The van der Waals surface area contributed by atoms with E-state index in [-0.39, 0.29) is 12.1 Å². The molecule has 33 heavy (non-hydrogen) atoms. The summed E-state index contributed by atoms with van der Waals surface area (Å²) < 4.78 is 0. The van der Waals surface area contributed by atoms with E-state index in [1.807, 2.05) is 18.3 Å². The predicted molar refractivity (Wildman–Crippen MR) is 131 cm³/mol. The highest BCUT2D eigenvalue weighted by Gasteiger charge is 2.17. The maximum Gasteiger partial charge on any atom is 0.320 e. The Labute approximate surface area is 195 Å². The molecule has 0 atom stereocenters. The highest BCUT2D eigenvalue weighted by Crippen LogP contribution is 2.19. The first kappa shape index (κ1) is 23.3. The van der Waals surface area contributed by atoms with Gasteiger partial charge in [0, 0.05) is 56.7 Å². The number of hydrogen-bond donors (Lipinski definition) is 4. The Balaban J connectivity index is 1.36. The molecule has 2 fully saturated rings. The Morgan fingerprint density at radius 3 is 2.76 bits per heavy atom. The molecule has 176 valence electrons. The largest absolute Gasteiger partial charge is 0.335 e. The number of nitrogens with zero attached hydrogens (tertiary/aromatic N) is 4. The van der Waals surface area contributed by atoms with Crippen LogP contribution in [-0.4, -0.2) is 84.4 Å². The van der Waals surface area contributed by atoms with Gasteiger partial charge in [0.05, 0.1) is 23.2 Å². The minimum absolute atomic E-state index is 0.215. The number of urea groups is 1. The van der Waals surface area contributed by atoms with Crippen LogP contribution in [0.1, 0.15) is 31.2 Å². The molecule has 3 heterocycles. The smallest absolute Gasteiger partial charge is 0.320 e. The van der Waals surface area contributed by atoms with Gasteiger partial charge in [0.2, 0.25) is 0 Å². The van der Waals surface area contributed by atoms with Crippen molar-refractivity contribution in [3.05, 3.63) is 36.2 Å². The third kappa shape index (κ3) is 6.56. The van der Waals surface area contributed by atoms with Crippen molar-refractivity contribution in [1.29, 1.82) is 5.41 Å². The number of carbonyl (C=O) groups is 1. The number of nitrogens with two attached hydrogens (primary N) is 1. The normalized spacial score (nSPS) is 18.5. The Bertz CT molecular complexity index is 993. The van der Waals surface area contributed by atoms with Gasteiger partial charge in [-0.05, 0) is 38.1 Å². The molecule has 0 spiro atoms. The van der Waals surface area contributed by atoms with Gasteiger partial charge < -0.3 is 20.9 Å². The van der Waals surface area contributed by atoms with E-state index in [9.17, 15) is 4.79 Å². The van der Waals surface area contributed by atoms with Gasteiger partial charge in [-0.1, -0.05) is 12.8 Å². The molecule has 1 aliphatic carbocycles. The van der Waals surface area contributed by atoms with Crippen LogP contribution < -0.4 is 16.0 Å². The lowest BCUT2D eigenvalue weighted by Gasteiger charge is -2.31. The quantitative estimate of drug-likeness (QED) is 0.359. The fourth-order valence-electron chi connectivity index (χ4n) is 4.41. The second-order valence-corrected chi connectivity index (χ2v) is 8.97. The number of pyridine rings is 2. The molecule has 1 saturated carbocycles. The number of allylic oxidation sites excluding steroid dienone is 1. The molecule has 1 saturated heterocycles. The summed E-state index contributed by atoms with van der Waals surface area (Å²) in [6.07, 6.45) is 9.53. The number of piperazine rings is 1. The molecule has 2 aromatic heterocycles. The second-order valence-electron chi connectivity index (χ2n) is 8.97. The van der Waals surface area contributed by atoms with E-state index in [0.717, 1.165) is 68.8 Å². The molecule has 9 heteroatoms. The van der Waals surface area contributed by atoms with E-state index >= 15 is 0 Å². The lowest BCUT2D eigenvalue weighted by atomic mass is 10.1. The van der Waals surface area contributed by atoms with Gasteiger partial charge in [-0.25, -0.2) is 9.78 Å². The summed E-state index contributed by atoms with van der Waals surface area (Å²) in [6, 6.07) is 5.59. The van der Waals surface area contributed by atoms with Gasteiger partial charge in [0.25, 0.3) is 0 Å². The number of amides is 2. The van der Waals surface area contributed by atoms with Gasteiger partial charge in [-0.15, -0.1) is 0 Å². The predicted octanol–water partition coefficient (Wildman–Crippen LogP) is 1.50. The van der Waals surface area contributed by atoms with Gasteiger partial charge in [-0.2, -0.15) is 0 Å². The van der Waals surface area contributed by atoms with Crippen LogP contribution in [0.25, 0.3) is 16.6 Å². The van der Waals surface area contributed by atoms with Crippen LogP contribution in [0.2, 0.25) is 0 Å². The summed E-state index contributed by atoms with van der Waals surface area (Å²) in [5.41, 5.74) is 3.08. The number of rotatable bonds is 8. The van der Waals surface area contributed by atoms with E-state index < -0.39 is 0 Å². The fourth-order valence-corrected chi connectivity index (χ4v) is 4.41. The van der Waals surface area contributed by atoms with Crippen LogP contribution in [0.3, 0.4) is 0 Å². The topological polar surface area (TPSA) is 114 Å². The summed E-state index contributed by atoms with van der Waals surface area (Å²) in [7, 11) is 2.17. The lowest BCUT2D eigenvalue weighted by Crippen LogP contribution is -2.80. The number of aromatic nitrogens is 2. The molecule has 4 rings (SSSR count). The molecule has 2 amide bonds. The number of quaternary nitrogens is 1. The summed E-state index contributed by atoms with van der Waals surface area (Å²) in [5, 5.41) is 15.8. The zero-order valence-electron chi connectivity index (χ0n) is 19.4. The number of likely N-dealkylation sites (N-methyl/N-ethyl adjacent to an activating group) is 1. The molecular formula is C24H35N8O+. The third-order valence-electron chi connectivity index (χ3n) is 6.46. The monoisotopic (exact) mass is 451 g/mol. The average Bonchev–Trinajstić information content (AvgIpc) is 3.33. The molecule has 5 N–H and O–H groups in total. The van der Waals surface area contributed by atoms with Crippen molar-refractivity contribution in [3.63, 3.8) is 0 Å². The van der Waals surface area contributed by atoms with Gasteiger partial charge >= 0.3 is 6.03 Å². The zero-order valence-corrected chi connectivity index (χ0v) is 19.4. The number of anilines is 1. The maximum atomic E-state index is 12.3. The van der Waals surface area contributed by atoms with Crippen LogP contribution in [0.4, 0.5) is 10.6 Å². The van der Waals surface area contributed by atoms with E-state index in [2.05, 4.69) is 42.8 Å². The Kier molecular flexibility index (Phi) is 7.98. The van der Waals surface area contributed by atoms with Crippen LogP contribution in [0, 0.1) is 5.41 Å². The molecule has 2 aliphatic rings. The van der Waals surface area contributed by atoms with Gasteiger partial charge in [0.15, 0.2) is 0 Å². The van der Waals surface area contributed by atoms with Gasteiger partial charge in [-0.3, -0.25) is 15.2 Å². The van der Waals surface area contributed by atoms with Crippen molar-refractivity contribution in [2.45, 2.75) is 31.7 Å². The Morgan fingerprint density at radius 1 is 1.21 bits per heavy atom. The number of hydrogen-bond acceptors (Lipinski definition) is 6.